The van der Waals surface area contributed by atoms with Gasteiger partial charge in [-0.05, 0) is 86.5 Å². The van der Waals surface area contributed by atoms with Crippen molar-refractivity contribution in [2.75, 3.05) is 6.54 Å². The van der Waals surface area contributed by atoms with Crippen molar-refractivity contribution in [2.24, 2.45) is 47.2 Å². The van der Waals surface area contributed by atoms with Crippen molar-refractivity contribution < 1.29 is 0 Å². The van der Waals surface area contributed by atoms with Crippen LogP contribution in [-0.4, -0.2) is 6.54 Å². The Morgan fingerprint density at radius 1 is 0.941 bits per heavy atom. The van der Waals surface area contributed by atoms with Crippen molar-refractivity contribution >= 4 is 0 Å². The minimum absolute atomic E-state index is 0.820. The lowest BCUT2D eigenvalue weighted by molar-refractivity contribution is -0.0632. The van der Waals surface area contributed by atoms with Crippen molar-refractivity contribution in [2.45, 2.75) is 52.4 Å². The zero-order valence-corrected chi connectivity index (χ0v) is 11.6. The molecule has 4 fully saturated rings. The molecule has 0 aromatic heterocycles. The van der Waals surface area contributed by atoms with Crippen LogP contribution >= 0.6 is 0 Å². The molecule has 4 aliphatic rings. The lowest BCUT2D eigenvalue weighted by atomic mass is 9.49. The molecule has 17 heavy (non-hydrogen) atoms. The average Bonchev–Trinajstić information content (AvgIpc) is 2.25. The summed E-state index contributed by atoms with van der Waals surface area (Å²) in [6.07, 6.45) is 9.12. The third kappa shape index (κ3) is 2.16. The van der Waals surface area contributed by atoms with Gasteiger partial charge in [0.05, 0.1) is 0 Å². The molecule has 0 heterocycles. The van der Waals surface area contributed by atoms with Crippen LogP contribution in [0.3, 0.4) is 0 Å². The van der Waals surface area contributed by atoms with E-state index in [0.29, 0.717) is 0 Å². The summed E-state index contributed by atoms with van der Waals surface area (Å²) < 4.78 is 0. The van der Waals surface area contributed by atoms with Gasteiger partial charge < -0.3 is 5.73 Å². The summed E-state index contributed by atoms with van der Waals surface area (Å²) >= 11 is 0. The fraction of sp³-hybridized carbons (Fsp3) is 1.00. The van der Waals surface area contributed by atoms with Crippen LogP contribution in [0.25, 0.3) is 0 Å². The predicted molar refractivity (Wildman–Crippen MR) is 72.5 cm³/mol. The Hall–Kier alpha value is -0.0400. The number of hydrogen-bond donors (Lipinski definition) is 1. The van der Waals surface area contributed by atoms with E-state index in [-0.39, 0.29) is 0 Å². The van der Waals surface area contributed by atoms with Gasteiger partial charge >= 0.3 is 0 Å². The van der Waals surface area contributed by atoms with Gasteiger partial charge in [0, 0.05) is 0 Å². The molecular weight excluding hydrogens is 206 g/mol. The molecule has 2 N–H and O–H groups in total. The number of hydrogen-bond acceptors (Lipinski definition) is 1. The second kappa shape index (κ2) is 4.57. The van der Waals surface area contributed by atoms with Crippen molar-refractivity contribution in [3.63, 3.8) is 0 Å². The first-order valence-corrected chi connectivity index (χ1v) is 7.87. The smallest absolute Gasteiger partial charge is 0.00459 e. The molecule has 4 bridgehead atoms. The van der Waals surface area contributed by atoms with E-state index in [0.717, 1.165) is 48.0 Å². The van der Waals surface area contributed by atoms with Crippen LogP contribution in [-0.2, 0) is 0 Å². The van der Waals surface area contributed by atoms with Gasteiger partial charge in [-0.25, -0.2) is 0 Å². The molecule has 98 valence electrons. The van der Waals surface area contributed by atoms with Gasteiger partial charge in [-0.1, -0.05) is 13.8 Å². The SMILES string of the molecule is CC(C)CC(CN)C1C2CC3CC(C2)CC1C3. The van der Waals surface area contributed by atoms with Gasteiger partial charge in [0.25, 0.3) is 0 Å². The summed E-state index contributed by atoms with van der Waals surface area (Å²) in [4.78, 5) is 0. The quantitative estimate of drug-likeness (QED) is 0.790. The lowest BCUT2D eigenvalue weighted by Crippen LogP contribution is -2.49. The van der Waals surface area contributed by atoms with Crippen LogP contribution < -0.4 is 5.73 Å². The van der Waals surface area contributed by atoms with Gasteiger partial charge in [0.2, 0.25) is 0 Å². The van der Waals surface area contributed by atoms with Gasteiger partial charge in [-0.3, -0.25) is 0 Å². The topological polar surface area (TPSA) is 26.0 Å². The van der Waals surface area contributed by atoms with Crippen LogP contribution in [0, 0.1) is 41.4 Å². The minimum Gasteiger partial charge on any atom is -0.330 e. The van der Waals surface area contributed by atoms with E-state index in [2.05, 4.69) is 13.8 Å². The molecular formula is C16H29N. The largest absolute Gasteiger partial charge is 0.330 e. The molecule has 1 nitrogen and oxygen atoms in total. The Morgan fingerprint density at radius 3 is 1.88 bits per heavy atom. The first-order chi connectivity index (χ1) is 8.17. The normalized spacial score (nSPS) is 45.5. The van der Waals surface area contributed by atoms with E-state index in [1.165, 1.54) is 6.42 Å². The van der Waals surface area contributed by atoms with Crippen LogP contribution in [0.5, 0.6) is 0 Å². The molecule has 4 saturated carbocycles. The molecule has 4 aliphatic carbocycles. The number of nitrogens with two attached hydrogens (primary N) is 1. The van der Waals surface area contributed by atoms with Gasteiger partial charge in [-0.15, -0.1) is 0 Å². The summed E-state index contributed by atoms with van der Waals surface area (Å²) in [5, 5.41) is 0. The molecule has 0 aliphatic heterocycles. The first-order valence-electron chi connectivity index (χ1n) is 7.87. The maximum Gasteiger partial charge on any atom is -0.00459 e. The summed E-state index contributed by atoms with van der Waals surface area (Å²) in [5.74, 6) is 6.95. The highest BCUT2D eigenvalue weighted by Gasteiger charge is 2.49. The van der Waals surface area contributed by atoms with Gasteiger partial charge in [0.15, 0.2) is 0 Å². The first kappa shape index (κ1) is 12.0. The van der Waals surface area contributed by atoms with E-state index in [4.69, 9.17) is 5.73 Å². The van der Waals surface area contributed by atoms with Crippen LogP contribution in [0.2, 0.25) is 0 Å². The Kier molecular flexibility index (Phi) is 3.23. The predicted octanol–water partition coefficient (Wildman–Crippen LogP) is 3.68. The highest BCUT2D eigenvalue weighted by atomic mass is 14.6. The van der Waals surface area contributed by atoms with Crippen molar-refractivity contribution in [1.29, 1.82) is 0 Å². The highest BCUT2D eigenvalue weighted by Crippen LogP contribution is 2.58. The minimum atomic E-state index is 0.820. The zero-order chi connectivity index (χ0) is 12.0. The summed E-state index contributed by atoms with van der Waals surface area (Å²) in [6, 6.07) is 0. The molecule has 0 radical (unpaired) electrons. The molecule has 0 aromatic carbocycles. The third-order valence-corrected chi connectivity index (χ3v) is 5.92. The molecule has 1 atom stereocenters. The van der Waals surface area contributed by atoms with Gasteiger partial charge in [0.1, 0.15) is 0 Å². The van der Waals surface area contributed by atoms with Crippen molar-refractivity contribution in [1.82, 2.24) is 0 Å². The van der Waals surface area contributed by atoms with E-state index in [1.54, 1.807) is 32.1 Å². The summed E-state index contributed by atoms with van der Waals surface area (Å²) in [5.41, 5.74) is 6.10. The van der Waals surface area contributed by atoms with Crippen LogP contribution in [0.4, 0.5) is 0 Å². The van der Waals surface area contributed by atoms with E-state index < -0.39 is 0 Å². The molecule has 4 rings (SSSR count). The number of rotatable bonds is 4. The second-order valence-corrected chi connectivity index (χ2v) is 7.63. The maximum atomic E-state index is 6.10. The van der Waals surface area contributed by atoms with Crippen molar-refractivity contribution in [3.8, 4) is 0 Å². The fourth-order valence-electron chi connectivity index (χ4n) is 5.75. The summed E-state index contributed by atoms with van der Waals surface area (Å²) in [6.45, 7) is 5.66. The van der Waals surface area contributed by atoms with Gasteiger partial charge in [-0.2, -0.15) is 0 Å². The second-order valence-electron chi connectivity index (χ2n) is 7.63. The maximum absolute atomic E-state index is 6.10. The average molecular weight is 235 g/mol. The van der Waals surface area contributed by atoms with E-state index >= 15 is 0 Å². The van der Waals surface area contributed by atoms with E-state index in [1.807, 2.05) is 0 Å². The summed E-state index contributed by atoms with van der Waals surface area (Å²) in [7, 11) is 0. The molecule has 0 amide bonds. The van der Waals surface area contributed by atoms with Crippen LogP contribution in [0.15, 0.2) is 0 Å². The van der Waals surface area contributed by atoms with E-state index in [9.17, 15) is 0 Å². The van der Waals surface area contributed by atoms with Crippen LogP contribution in [0.1, 0.15) is 52.4 Å². The van der Waals surface area contributed by atoms with Crippen molar-refractivity contribution in [3.05, 3.63) is 0 Å². The molecule has 1 unspecified atom stereocenters. The monoisotopic (exact) mass is 235 g/mol. The Labute approximate surface area is 107 Å². The molecule has 0 spiro atoms. The lowest BCUT2D eigenvalue weighted by Gasteiger charge is -2.56. The molecule has 0 saturated heterocycles. The fourth-order valence-corrected chi connectivity index (χ4v) is 5.75. The molecule has 1 heteroatoms. The molecule has 0 aromatic rings. The zero-order valence-electron chi connectivity index (χ0n) is 11.6. The Bertz CT molecular complexity index is 243. The standard InChI is InChI=1S/C16H29N/c1-10(2)3-15(9-17)16-13-5-11-4-12(7-13)8-14(16)6-11/h10-16H,3-9,17H2,1-2H3. The highest BCUT2D eigenvalue weighted by molar-refractivity contribution is 5.00. The third-order valence-electron chi connectivity index (χ3n) is 5.92. The Morgan fingerprint density at radius 2 is 1.47 bits per heavy atom. The Balaban J connectivity index is 1.74.